The Morgan fingerprint density at radius 1 is 1.36 bits per heavy atom. The van der Waals surface area contributed by atoms with Gasteiger partial charge in [0.25, 0.3) is 5.91 Å². The number of hydrogen-bond acceptors (Lipinski definition) is 6. The van der Waals surface area contributed by atoms with Crippen LogP contribution in [0.15, 0.2) is 23.1 Å². The van der Waals surface area contributed by atoms with E-state index in [0.717, 1.165) is 30.2 Å². The lowest BCUT2D eigenvalue weighted by Gasteiger charge is -2.26. The molecule has 2 rings (SSSR count). The molecule has 0 radical (unpaired) electrons. The summed E-state index contributed by atoms with van der Waals surface area (Å²) in [4.78, 5) is 26.0. The summed E-state index contributed by atoms with van der Waals surface area (Å²) in [5.74, 6) is -0.502. The summed E-state index contributed by atoms with van der Waals surface area (Å²) in [6.07, 6.45) is 3.68. The maximum Gasteiger partial charge on any atom is 0.327 e. The lowest BCUT2D eigenvalue weighted by Crippen LogP contribution is -2.47. The van der Waals surface area contributed by atoms with Gasteiger partial charge < -0.3 is 14.6 Å². The number of aliphatic carboxylic acids is 1. The van der Waals surface area contributed by atoms with Gasteiger partial charge in [0, 0.05) is 0 Å². The van der Waals surface area contributed by atoms with Crippen molar-refractivity contribution in [1.29, 1.82) is 0 Å². The molecule has 1 atom stereocenters. The average Bonchev–Trinajstić information content (AvgIpc) is 2.90. The van der Waals surface area contributed by atoms with Crippen LogP contribution in [0.1, 0.15) is 39.2 Å². The number of carbonyl (C=O) groups is 2. The Bertz CT molecular complexity index is 791. The molecule has 0 aliphatic carbocycles. The minimum Gasteiger partial charge on any atom is -0.493 e. The summed E-state index contributed by atoms with van der Waals surface area (Å²) < 4.78 is 11.4. The van der Waals surface area contributed by atoms with Crippen molar-refractivity contribution in [3.05, 3.63) is 28.7 Å². The van der Waals surface area contributed by atoms with Crippen LogP contribution in [0.3, 0.4) is 0 Å². The smallest absolute Gasteiger partial charge is 0.327 e. The summed E-state index contributed by atoms with van der Waals surface area (Å²) in [5.41, 5.74) is 0.747. The zero-order valence-electron chi connectivity index (χ0n) is 16.4. The molecule has 152 valence electrons. The number of methoxy groups -OCH3 is 1. The summed E-state index contributed by atoms with van der Waals surface area (Å²) in [5, 5.41) is 9.49. The number of carboxylic acid groups (broad SMARTS) is 1. The fraction of sp³-hybridized carbons (Fsp3) is 0.450. The topological polar surface area (TPSA) is 76.1 Å². The van der Waals surface area contributed by atoms with Gasteiger partial charge in [-0.25, -0.2) is 4.79 Å². The monoisotopic (exact) mass is 423 g/mol. The van der Waals surface area contributed by atoms with E-state index in [-0.39, 0.29) is 10.2 Å². The van der Waals surface area contributed by atoms with Crippen LogP contribution < -0.4 is 9.47 Å². The van der Waals surface area contributed by atoms with Crippen LogP contribution in [0, 0.1) is 5.92 Å². The van der Waals surface area contributed by atoms with Gasteiger partial charge in [0.2, 0.25) is 0 Å². The first kappa shape index (κ1) is 22.2. The van der Waals surface area contributed by atoms with Crippen molar-refractivity contribution in [1.82, 2.24) is 4.90 Å². The third-order valence-electron chi connectivity index (χ3n) is 4.23. The average molecular weight is 424 g/mol. The maximum atomic E-state index is 12.8. The minimum atomic E-state index is -1.07. The van der Waals surface area contributed by atoms with Crippen LogP contribution >= 0.6 is 24.0 Å². The standard InChI is InChI=1S/C20H25NO5S2/c1-5-6-9-26-14-8-7-13(10-15(14)25-4)11-16-18(22)21(20(27)28-16)17(12(2)3)19(23)24/h7-8,10-12,17H,5-6,9H2,1-4H3,(H,23,24). The second-order valence-corrected chi connectivity index (χ2v) is 8.37. The lowest BCUT2D eigenvalue weighted by molar-refractivity contribution is -0.146. The Labute approximate surface area is 174 Å². The zero-order chi connectivity index (χ0) is 20.8. The summed E-state index contributed by atoms with van der Waals surface area (Å²) in [6, 6.07) is 4.43. The molecule has 1 aromatic rings. The Hall–Kier alpha value is -2.06. The number of thioether (sulfide) groups is 1. The van der Waals surface area contributed by atoms with E-state index in [0.29, 0.717) is 23.0 Å². The second-order valence-electron chi connectivity index (χ2n) is 6.69. The van der Waals surface area contributed by atoms with Crippen LogP contribution in [0.2, 0.25) is 0 Å². The van der Waals surface area contributed by atoms with E-state index in [2.05, 4.69) is 6.92 Å². The molecule has 1 aliphatic rings. The van der Waals surface area contributed by atoms with Gasteiger partial charge in [-0.2, -0.15) is 0 Å². The molecule has 1 saturated heterocycles. The molecule has 1 N–H and O–H groups in total. The molecule has 8 heteroatoms. The largest absolute Gasteiger partial charge is 0.493 e. The molecular formula is C20H25NO5S2. The van der Waals surface area contributed by atoms with Gasteiger partial charge >= 0.3 is 5.97 Å². The molecule has 28 heavy (non-hydrogen) atoms. The van der Waals surface area contributed by atoms with Crippen LogP contribution in [-0.2, 0) is 9.59 Å². The number of nitrogens with zero attached hydrogens (tertiary/aromatic N) is 1. The number of hydrogen-bond donors (Lipinski definition) is 1. The highest BCUT2D eigenvalue weighted by molar-refractivity contribution is 8.26. The number of benzene rings is 1. The molecule has 1 heterocycles. The Morgan fingerprint density at radius 3 is 2.64 bits per heavy atom. The van der Waals surface area contributed by atoms with Crippen molar-refractivity contribution < 1.29 is 24.2 Å². The molecule has 0 aromatic heterocycles. The van der Waals surface area contributed by atoms with E-state index < -0.39 is 17.9 Å². The molecule has 1 amide bonds. The first-order chi connectivity index (χ1) is 13.3. The first-order valence-corrected chi connectivity index (χ1v) is 10.3. The molecule has 0 spiro atoms. The summed E-state index contributed by atoms with van der Waals surface area (Å²) >= 11 is 6.38. The van der Waals surface area contributed by atoms with Crippen molar-refractivity contribution in [2.24, 2.45) is 5.92 Å². The molecule has 1 fully saturated rings. The fourth-order valence-electron chi connectivity index (χ4n) is 2.78. The van der Waals surface area contributed by atoms with Gasteiger partial charge in [0.15, 0.2) is 11.5 Å². The first-order valence-electron chi connectivity index (χ1n) is 9.10. The molecular weight excluding hydrogens is 398 g/mol. The van der Waals surface area contributed by atoms with Crippen LogP contribution in [-0.4, -0.2) is 46.0 Å². The summed E-state index contributed by atoms with van der Waals surface area (Å²) in [6.45, 7) is 6.21. The molecule has 1 unspecified atom stereocenters. The second kappa shape index (κ2) is 9.93. The van der Waals surface area contributed by atoms with Crippen LogP contribution in [0.5, 0.6) is 11.5 Å². The number of amides is 1. The molecule has 6 nitrogen and oxygen atoms in total. The van der Waals surface area contributed by atoms with Gasteiger partial charge in [0.1, 0.15) is 10.4 Å². The van der Waals surface area contributed by atoms with E-state index in [1.807, 2.05) is 6.07 Å². The normalized spacial score (nSPS) is 16.8. The summed E-state index contributed by atoms with van der Waals surface area (Å²) in [7, 11) is 1.56. The quantitative estimate of drug-likeness (QED) is 0.363. The molecule has 1 aliphatic heterocycles. The number of carboxylic acids is 1. The Kier molecular flexibility index (Phi) is 7.88. The fourth-order valence-corrected chi connectivity index (χ4v) is 4.11. The maximum absolute atomic E-state index is 12.8. The van der Waals surface area contributed by atoms with Gasteiger partial charge in [-0.15, -0.1) is 0 Å². The van der Waals surface area contributed by atoms with E-state index in [1.165, 1.54) is 4.90 Å². The lowest BCUT2D eigenvalue weighted by atomic mass is 10.0. The van der Waals surface area contributed by atoms with E-state index in [9.17, 15) is 14.7 Å². The zero-order valence-corrected chi connectivity index (χ0v) is 18.1. The highest BCUT2D eigenvalue weighted by Gasteiger charge is 2.41. The van der Waals surface area contributed by atoms with Crippen molar-refractivity contribution in [2.45, 2.75) is 39.7 Å². The molecule has 1 aromatic carbocycles. The van der Waals surface area contributed by atoms with E-state index >= 15 is 0 Å². The number of ether oxygens (including phenoxy) is 2. The van der Waals surface area contributed by atoms with Crippen molar-refractivity contribution >= 4 is 46.3 Å². The number of carbonyl (C=O) groups excluding carboxylic acids is 1. The number of unbranched alkanes of at least 4 members (excludes halogenated alkanes) is 1. The predicted molar refractivity (Wildman–Crippen MR) is 115 cm³/mol. The van der Waals surface area contributed by atoms with Gasteiger partial charge in [-0.05, 0) is 36.1 Å². The van der Waals surface area contributed by atoms with Gasteiger partial charge in [-0.3, -0.25) is 9.69 Å². The predicted octanol–water partition coefficient (Wildman–Crippen LogP) is 4.18. The Morgan fingerprint density at radius 2 is 2.07 bits per heavy atom. The SMILES string of the molecule is CCCCOc1ccc(C=C2SC(=S)N(C(C(=O)O)C(C)C)C2=O)cc1OC. The van der Waals surface area contributed by atoms with Gasteiger partial charge in [0.05, 0.1) is 18.6 Å². The third-order valence-corrected chi connectivity index (χ3v) is 5.56. The highest BCUT2D eigenvalue weighted by Crippen LogP contribution is 2.36. The van der Waals surface area contributed by atoms with Crippen LogP contribution in [0.25, 0.3) is 6.08 Å². The minimum absolute atomic E-state index is 0.254. The van der Waals surface area contributed by atoms with Crippen molar-refractivity contribution in [2.75, 3.05) is 13.7 Å². The molecule has 0 saturated carbocycles. The van der Waals surface area contributed by atoms with Gasteiger partial charge in [-0.1, -0.05) is 57.2 Å². The molecule has 0 bridgehead atoms. The number of rotatable bonds is 9. The van der Waals surface area contributed by atoms with E-state index in [1.54, 1.807) is 39.2 Å². The van der Waals surface area contributed by atoms with E-state index in [4.69, 9.17) is 21.7 Å². The number of thiocarbonyl (C=S) groups is 1. The van der Waals surface area contributed by atoms with Crippen molar-refractivity contribution in [3.63, 3.8) is 0 Å². The van der Waals surface area contributed by atoms with Crippen molar-refractivity contribution in [3.8, 4) is 11.5 Å². The third kappa shape index (κ3) is 5.05. The Balaban J connectivity index is 2.27. The van der Waals surface area contributed by atoms with Crippen LogP contribution in [0.4, 0.5) is 0 Å². The highest BCUT2D eigenvalue weighted by atomic mass is 32.2.